The van der Waals surface area contributed by atoms with E-state index in [1.807, 2.05) is 12.1 Å². The maximum Gasteiger partial charge on any atom is 0.0636 e. The molecular formula is C16H22N4. The van der Waals surface area contributed by atoms with Crippen molar-refractivity contribution in [1.82, 2.24) is 9.78 Å². The smallest absolute Gasteiger partial charge is 0.0636 e. The first-order chi connectivity index (χ1) is 9.72. The molecule has 2 heterocycles. The molecule has 106 valence electrons. The number of nitrogens with zero attached hydrogens (tertiary/aromatic N) is 3. The van der Waals surface area contributed by atoms with E-state index in [9.17, 15) is 0 Å². The molecule has 0 spiro atoms. The molecular weight excluding hydrogens is 248 g/mol. The second-order valence-corrected chi connectivity index (χ2v) is 5.32. The number of nitrogen functional groups attached to an aromatic ring is 1. The molecule has 0 bridgehead atoms. The highest BCUT2D eigenvalue weighted by Crippen LogP contribution is 2.34. The van der Waals surface area contributed by atoms with E-state index < -0.39 is 0 Å². The molecule has 4 heteroatoms. The van der Waals surface area contributed by atoms with E-state index in [0.717, 1.165) is 38.2 Å². The van der Waals surface area contributed by atoms with Gasteiger partial charge in [0.1, 0.15) is 0 Å². The zero-order valence-corrected chi connectivity index (χ0v) is 12.3. The van der Waals surface area contributed by atoms with E-state index in [1.165, 1.54) is 22.6 Å². The van der Waals surface area contributed by atoms with Crippen LogP contribution < -0.4 is 10.6 Å². The average molecular weight is 270 g/mol. The summed E-state index contributed by atoms with van der Waals surface area (Å²) >= 11 is 0. The van der Waals surface area contributed by atoms with Gasteiger partial charge in [0.05, 0.1) is 29.3 Å². The van der Waals surface area contributed by atoms with Crippen LogP contribution in [0.15, 0.2) is 24.3 Å². The molecule has 2 N–H and O–H groups in total. The van der Waals surface area contributed by atoms with Gasteiger partial charge in [-0.1, -0.05) is 19.1 Å². The molecule has 1 aliphatic heterocycles. The van der Waals surface area contributed by atoms with E-state index in [0.29, 0.717) is 0 Å². The quantitative estimate of drug-likeness (QED) is 0.869. The van der Waals surface area contributed by atoms with E-state index in [4.69, 9.17) is 5.73 Å². The van der Waals surface area contributed by atoms with E-state index in [2.05, 4.69) is 40.7 Å². The fourth-order valence-corrected chi connectivity index (χ4v) is 3.01. The Bertz CT molecular complexity index is 615. The Hall–Kier alpha value is -1.97. The average Bonchev–Trinajstić information content (AvgIpc) is 3.04. The largest absolute Gasteiger partial charge is 0.397 e. The molecule has 0 atom stereocenters. The first-order valence-electron chi connectivity index (χ1n) is 7.40. The van der Waals surface area contributed by atoms with Crippen molar-refractivity contribution in [2.45, 2.75) is 39.8 Å². The van der Waals surface area contributed by atoms with Gasteiger partial charge < -0.3 is 10.6 Å². The molecule has 4 nitrogen and oxygen atoms in total. The Morgan fingerprint density at radius 3 is 2.90 bits per heavy atom. The van der Waals surface area contributed by atoms with Crippen LogP contribution in [0.3, 0.4) is 0 Å². The predicted octanol–water partition coefficient (Wildman–Crippen LogP) is 2.61. The number of hydrogen-bond donors (Lipinski definition) is 1. The van der Waals surface area contributed by atoms with Gasteiger partial charge in [-0.05, 0) is 37.5 Å². The van der Waals surface area contributed by atoms with Gasteiger partial charge in [0.2, 0.25) is 0 Å². The minimum Gasteiger partial charge on any atom is -0.397 e. The Balaban J connectivity index is 1.89. The number of para-hydroxylation sites is 1. The predicted molar refractivity (Wildman–Crippen MR) is 82.9 cm³/mol. The van der Waals surface area contributed by atoms with Crippen molar-refractivity contribution < 1.29 is 0 Å². The van der Waals surface area contributed by atoms with Gasteiger partial charge in [-0.15, -0.1) is 0 Å². The number of fused-ring (bicyclic) bond motifs is 1. The van der Waals surface area contributed by atoms with Gasteiger partial charge in [0, 0.05) is 13.1 Å². The van der Waals surface area contributed by atoms with Gasteiger partial charge >= 0.3 is 0 Å². The summed E-state index contributed by atoms with van der Waals surface area (Å²) in [4.78, 5) is 2.38. The molecule has 20 heavy (non-hydrogen) atoms. The highest BCUT2D eigenvalue weighted by molar-refractivity contribution is 5.74. The molecule has 2 aromatic rings. The number of anilines is 2. The monoisotopic (exact) mass is 270 g/mol. The second kappa shape index (κ2) is 5.19. The maximum atomic E-state index is 6.15. The second-order valence-electron chi connectivity index (χ2n) is 5.32. The molecule has 0 saturated carbocycles. The number of aromatic nitrogens is 2. The van der Waals surface area contributed by atoms with Crippen molar-refractivity contribution in [2.24, 2.45) is 0 Å². The van der Waals surface area contributed by atoms with Crippen molar-refractivity contribution >= 4 is 11.4 Å². The fraction of sp³-hybridized carbons (Fsp3) is 0.438. The maximum absolute atomic E-state index is 6.15. The summed E-state index contributed by atoms with van der Waals surface area (Å²) in [6.07, 6.45) is 2.07. The van der Waals surface area contributed by atoms with Crippen molar-refractivity contribution in [3.05, 3.63) is 41.2 Å². The summed E-state index contributed by atoms with van der Waals surface area (Å²) in [5.41, 5.74) is 12.1. The Labute approximate surface area is 120 Å². The van der Waals surface area contributed by atoms with Crippen LogP contribution in [0.4, 0.5) is 11.4 Å². The zero-order chi connectivity index (χ0) is 14.1. The van der Waals surface area contributed by atoms with Crippen LogP contribution in [0.2, 0.25) is 0 Å². The highest BCUT2D eigenvalue weighted by atomic mass is 15.3. The fourth-order valence-electron chi connectivity index (χ4n) is 3.01. The van der Waals surface area contributed by atoms with Crippen LogP contribution in [-0.4, -0.2) is 16.3 Å². The minimum atomic E-state index is 0.887. The van der Waals surface area contributed by atoms with E-state index >= 15 is 0 Å². The normalized spacial score (nSPS) is 13.8. The van der Waals surface area contributed by atoms with Gasteiger partial charge in [-0.3, -0.25) is 4.68 Å². The zero-order valence-electron chi connectivity index (χ0n) is 12.3. The molecule has 0 saturated heterocycles. The van der Waals surface area contributed by atoms with E-state index in [-0.39, 0.29) is 0 Å². The molecule has 0 aliphatic carbocycles. The molecule has 1 aliphatic rings. The van der Waals surface area contributed by atoms with Crippen LogP contribution in [0.25, 0.3) is 0 Å². The number of nitrogens with two attached hydrogens (primary N) is 1. The van der Waals surface area contributed by atoms with Crippen molar-refractivity contribution in [3.8, 4) is 0 Å². The van der Waals surface area contributed by atoms with Crippen molar-refractivity contribution in [2.75, 3.05) is 17.2 Å². The van der Waals surface area contributed by atoms with E-state index in [1.54, 1.807) is 0 Å². The number of aryl methyl sites for hydroxylation is 2. The van der Waals surface area contributed by atoms with Crippen LogP contribution >= 0.6 is 0 Å². The van der Waals surface area contributed by atoms with Gasteiger partial charge in [0.15, 0.2) is 0 Å². The van der Waals surface area contributed by atoms with Gasteiger partial charge in [-0.25, -0.2) is 0 Å². The lowest BCUT2D eigenvalue weighted by Gasteiger charge is -2.21. The summed E-state index contributed by atoms with van der Waals surface area (Å²) in [7, 11) is 0. The molecule has 0 amide bonds. The summed E-state index contributed by atoms with van der Waals surface area (Å²) in [6.45, 7) is 7.14. The summed E-state index contributed by atoms with van der Waals surface area (Å²) in [5, 5.41) is 4.63. The Kier molecular flexibility index (Phi) is 3.38. The molecule has 0 radical (unpaired) electrons. The third kappa shape index (κ3) is 2.15. The van der Waals surface area contributed by atoms with Crippen molar-refractivity contribution in [3.63, 3.8) is 0 Å². The highest BCUT2D eigenvalue weighted by Gasteiger charge is 2.22. The molecule has 3 rings (SSSR count). The molecule has 0 fully saturated rings. The summed E-state index contributed by atoms with van der Waals surface area (Å²) < 4.78 is 2.11. The first-order valence-corrected chi connectivity index (χ1v) is 7.40. The third-order valence-corrected chi connectivity index (χ3v) is 4.05. The lowest BCUT2D eigenvalue weighted by Crippen LogP contribution is -2.22. The Morgan fingerprint density at radius 1 is 1.30 bits per heavy atom. The minimum absolute atomic E-state index is 0.887. The Morgan fingerprint density at radius 2 is 2.15 bits per heavy atom. The number of benzene rings is 1. The molecule has 1 aromatic heterocycles. The molecule has 1 aromatic carbocycles. The number of rotatable bonds is 4. The van der Waals surface area contributed by atoms with Crippen LogP contribution in [0.1, 0.15) is 30.8 Å². The standard InChI is InChI=1S/C16H22N4/c1-3-13-10-14(20(4-2)18-13)11-19-9-8-12-6-5-7-15(17)16(12)19/h5-7,10H,3-4,8-9,11,17H2,1-2H3. The van der Waals surface area contributed by atoms with Gasteiger partial charge in [-0.2, -0.15) is 5.10 Å². The summed E-state index contributed by atoms with van der Waals surface area (Å²) in [6, 6.07) is 8.44. The van der Waals surface area contributed by atoms with Crippen molar-refractivity contribution in [1.29, 1.82) is 0 Å². The van der Waals surface area contributed by atoms with Crippen LogP contribution in [0, 0.1) is 0 Å². The third-order valence-electron chi connectivity index (χ3n) is 4.05. The number of hydrogen-bond acceptors (Lipinski definition) is 3. The molecule has 0 unspecified atom stereocenters. The lowest BCUT2D eigenvalue weighted by atomic mass is 10.1. The van der Waals surface area contributed by atoms with Crippen LogP contribution in [-0.2, 0) is 25.9 Å². The lowest BCUT2D eigenvalue weighted by molar-refractivity contribution is 0.606. The topological polar surface area (TPSA) is 47.1 Å². The SMILES string of the molecule is CCc1cc(CN2CCc3cccc(N)c32)n(CC)n1. The summed E-state index contributed by atoms with van der Waals surface area (Å²) in [5.74, 6) is 0. The van der Waals surface area contributed by atoms with Crippen LogP contribution in [0.5, 0.6) is 0 Å². The van der Waals surface area contributed by atoms with Gasteiger partial charge in [0.25, 0.3) is 0 Å². The first kappa shape index (κ1) is 13.0.